The molecule has 138 valence electrons. The molecule has 0 atom stereocenters. The molecule has 2 heterocycles. The number of imide groups is 1. The summed E-state index contributed by atoms with van der Waals surface area (Å²) < 4.78 is 8.19. The number of hydrogen-bond donors (Lipinski definition) is 1. The first-order valence-electron chi connectivity index (χ1n) is 8.20. The fraction of sp³-hybridized carbons (Fsp3) is 0.158. The lowest BCUT2D eigenvalue weighted by molar-refractivity contribution is -0.123. The number of carbonyl (C=O) groups is 3. The van der Waals surface area contributed by atoms with Gasteiger partial charge >= 0.3 is 5.97 Å². The van der Waals surface area contributed by atoms with Crippen molar-refractivity contribution in [2.75, 3.05) is 6.61 Å². The van der Waals surface area contributed by atoms with Gasteiger partial charge in [-0.1, -0.05) is 18.2 Å². The van der Waals surface area contributed by atoms with Crippen molar-refractivity contribution >= 4 is 17.8 Å². The molecule has 0 aliphatic rings. The lowest BCUT2D eigenvalue weighted by Gasteiger charge is -2.07. The average molecular weight is 366 g/mol. The van der Waals surface area contributed by atoms with Crippen molar-refractivity contribution in [2.24, 2.45) is 7.05 Å². The quantitative estimate of drug-likeness (QED) is 0.693. The van der Waals surface area contributed by atoms with Crippen LogP contribution in [0.2, 0.25) is 0 Å². The van der Waals surface area contributed by atoms with Gasteiger partial charge < -0.3 is 9.30 Å². The van der Waals surface area contributed by atoms with Crippen LogP contribution in [0.5, 0.6) is 0 Å². The molecular formula is C19H18N4O4. The molecule has 3 rings (SSSR count). The number of carbonyl (C=O) groups excluding carboxylic acids is 3. The summed E-state index contributed by atoms with van der Waals surface area (Å²) in [4.78, 5) is 36.1. The van der Waals surface area contributed by atoms with Crippen molar-refractivity contribution in [1.82, 2.24) is 19.7 Å². The fourth-order valence-corrected chi connectivity index (χ4v) is 2.57. The molecule has 2 aromatic heterocycles. The Morgan fingerprint density at radius 1 is 1.11 bits per heavy atom. The van der Waals surface area contributed by atoms with Gasteiger partial charge in [0.2, 0.25) is 0 Å². The van der Waals surface area contributed by atoms with Crippen molar-refractivity contribution in [1.29, 1.82) is 0 Å². The monoisotopic (exact) mass is 366 g/mol. The van der Waals surface area contributed by atoms with Crippen molar-refractivity contribution in [3.63, 3.8) is 0 Å². The molecule has 0 aliphatic heterocycles. The Morgan fingerprint density at radius 2 is 1.85 bits per heavy atom. The number of para-hydroxylation sites is 1. The van der Waals surface area contributed by atoms with Crippen molar-refractivity contribution < 1.29 is 19.1 Å². The molecular weight excluding hydrogens is 348 g/mol. The van der Waals surface area contributed by atoms with E-state index in [0.29, 0.717) is 11.4 Å². The Labute approximate surface area is 155 Å². The third-order valence-corrected chi connectivity index (χ3v) is 3.99. The summed E-state index contributed by atoms with van der Waals surface area (Å²) in [7, 11) is 1.69. The lowest BCUT2D eigenvalue weighted by atomic mass is 10.2. The summed E-state index contributed by atoms with van der Waals surface area (Å²) in [5.41, 5.74) is 1.97. The summed E-state index contributed by atoms with van der Waals surface area (Å²) in [6, 6.07) is 12.6. The maximum Gasteiger partial charge on any atom is 0.342 e. The number of rotatable bonds is 5. The van der Waals surface area contributed by atoms with Crippen LogP contribution in [0.15, 0.2) is 54.9 Å². The maximum absolute atomic E-state index is 12.2. The molecule has 0 spiro atoms. The Bertz CT molecular complexity index is 988. The number of aryl methyl sites for hydroxylation is 1. The summed E-state index contributed by atoms with van der Waals surface area (Å²) >= 11 is 0. The molecule has 2 amide bonds. The zero-order valence-electron chi connectivity index (χ0n) is 14.9. The Morgan fingerprint density at radius 3 is 2.52 bits per heavy atom. The molecule has 27 heavy (non-hydrogen) atoms. The van der Waals surface area contributed by atoms with E-state index in [1.54, 1.807) is 41.5 Å². The molecule has 0 aliphatic carbocycles. The van der Waals surface area contributed by atoms with E-state index in [0.717, 1.165) is 5.69 Å². The third-order valence-electron chi connectivity index (χ3n) is 3.99. The molecule has 0 unspecified atom stereocenters. The minimum atomic E-state index is -0.706. The Balaban J connectivity index is 1.60. The predicted octanol–water partition coefficient (Wildman–Crippen LogP) is 1.63. The van der Waals surface area contributed by atoms with Crippen LogP contribution in [0.4, 0.5) is 0 Å². The van der Waals surface area contributed by atoms with Crippen LogP contribution in [0.1, 0.15) is 26.5 Å². The molecule has 0 bridgehead atoms. The zero-order valence-corrected chi connectivity index (χ0v) is 14.9. The van der Waals surface area contributed by atoms with Crippen LogP contribution in [0, 0.1) is 6.92 Å². The molecule has 8 nitrogen and oxygen atoms in total. The van der Waals surface area contributed by atoms with Crippen molar-refractivity contribution in [3.8, 4) is 5.69 Å². The van der Waals surface area contributed by atoms with E-state index in [9.17, 15) is 14.4 Å². The highest BCUT2D eigenvalue weighted by Gasteiger charge is 2.19. The second-order valence-corrected chi connectivity index (χ2v) is 5.85. The van der Waals surface area contributed by atoms with Crippen LogP contribution < -0.4 is 5.32 Å². The van der Waals surface area contributed by atoms with E-state index < -0.39 is 24.4 Å². The maximum atomic E-state index is 12.2. The fourth-order valence-electron chi connectivity index (χ4n) is 2.57. The smallest absolute Gasteiger partial charge is 0.342 e. The molecule has 3 aromatic rings. The van der Waals surface area contributed by atoms with Gasteiger partial charge in [-0.2, -0.15) is 5.10 Å². The van der Waals surface area contributed by atoms with E-state index in [4.69, 9.17) is 4.74 Å². The first-order chi connectivity index (χ1) is 13.0. The average Bonchev–Trinajstić information content (AvgIpc) is 3.26. The SMILES string of the molecule is Cc1c(C(=O)OCC(=O)NC(=O)c2cccn2C)cnn1-c1ccccc1. The standard InChI is InChI=1S/C19H18N4O4/c1-13-15(11-20-23(13)14-7-4-3-5-8-14)19(26)27-12-17(24)21-18(25)16-9-6-10-22(16)2/h3-11H,12H2,1-2H3,(H,21,24,25). The van der Waals surface area contributed by atoms with Crippen LogP contribution in [-0.2, 0) is 16.6 Å². The van der Waals surface area contributed by atoms with Gasteiger partial charge in [0.25, 0.3) is 11.8 Å². The highest BCUT2D eigenvalue weighted by molar-refractivity contribution is 6.04. The number of amides is 2. The summed E-state index contributed by atoms with van der Waals surface area (Å²) in [5, 5.41) is 6.36. The van der Waals surface area contributed by atoms with E-state index in [1.165, 1.54) is 6.20 Å². The largest absolute Gasteiger partial charge is 0.452 e. The molecule has 1 aromatic carbocycles. The van der Waals surface area contributed by atoms with Gasteiger partial charge in [0.1, 0.15) is 11.3 Å². The minimum Gasteiger partial charge on any atom is -0.452 e. The normalized spacial score (nSPS) is 10.4. The topological polar surface area (TPSA) is 95.2 Å². The van der Waals surface area contributed by atoms with E-state index in [1.807, 2.05) is 30.3 Å². The van der Waals surface area contributed by atoms with Crippen LogP contribution in [-0.4, -0.2) is 38.7 Å². The molecule has 0 fully saturated rings. The third kappa shape index (κ3) is 3.95. The van der Waals surface area contributed by atoms with Gasteiger partial charge in [-0.3, -0.25) is 14.9 Å². The molecule has 0 radical (unpaired) electrons. The van der Waals surface area contributed by atoms with E-state index >= 15 is 0 Å². The summed E-state index contributed by atoms with van der Waals surface area (Å²) in [5.74, 6) is -1.95. The number of ether oxygens (including phenoxy) is 1. The molecule has 0 saturated heterocycles. The number of nitrogens with one attached hydrogen (secondary N) is 1. The van der Waals surface area contributed by atoms with E-state index in [2.05, 4.69) is 10.4 Å². The van der Waals surface area contributed by atoms with Crippen molar-refractivity contribution in [2.45, 2.75) is 6.92 Å². The Kier molecular flexibility index (Phi) is 5.16. The van der Waals surface area contributed by atoms with Gasteiger partial charge in [-0.05, 0) is 31.2 Å². The number of benzene rings is 1. The molecule has 8 heteroatoms. The van der Waals surface area contributed by atoms with Crippen LogP contribution in [0.3, 0.4) is 0 Å². The summed E-state index contributed by atoms with van der Waals surface area (Å²) in [6.45, 7) is 1.17. The van der Waals surface area contributed by atoms with Crippen LogP contribution >= 0.6 is 0 Å². The van der Waals surface area contributed by atoms with Gasteiger partial charge in [0.15, 0.2) is 6.61 Å². The predicted molar refractivity (Wildman–Crippen MR) is 96.5 cm³/mol. The lowest BCUT2D eigenvalue weighted by Crippen LogP contribution is -2.35. The van der Waals surface area contributed by atoms with E-state index in [-0.39, 0.29) is 5.56 Å². The number of hydrogen-bond acceptors (Lipinski definition) is 5. The second kappa shape index (κ2) is 7.69. The number of nitrogens with zero attached hydrogens (tertiary/aromatic N) is 3. The number of aromatic nitrogens is 3. The number of esters is 1. The molecule has 0 saturated carbocycles. The highest BCUT2D eigenvalue weighted by atomic mass is 16.5. The highest BCUT2D eigenvalue weighted by Crippen LogP contribution is 2.14. The molecule has 1 N–H and O–H groups in total. The van der Waals surface area contributed by atoms with Gasteiger partial charge in [0, 0.05) is 13.2 Å². The van der Waals surface area contributed by atoms with Gasteiger partial charge in [-0.25, -0.2) is 9.48 Å². The van der Waals surface area contributed by atoms with Gasteiger partial charge in [0.05, 0.1) is 17.6 Å². The first-order valence-corrected chi connectivity index (χ1v) is 8.20. The van der Waals surface area contributed by atoms with Crippen molar-refractivity contribution in [3.05, 3.63) is 71.8 Å². The summed E-state index contributed by atoms with van der Waals surface area (Å²) in [6.07, 6.45) is 3.07. The first kappa shape index (κ1) is 18.1. The second-order valence-electron chi connectivity index (χ2n) is 5.85. The minimum absolute atomic E-state index is 0.250. The van der Waals surface area contributed by atoms with Crippen LogP contribution in [0.25, 0.3) is 5.69 Å². The Hall–Kier alpha value is -3.68. The van der Waals surface area contributed by atoms with Gasteiger partial charge in [-0.15, -0.1) is 0 Å². The zero-order chi connectivity index (χ0) is 19.4.